The van der Waals surface area contributed by atoms with Crippen molar-refractivity contribution in [3.63, 3.8) is 0 Å². The van der Waals surface area contributed by atoms with Crippen LogP contribution in [0.1, 0.15) is 65.2 Å². The predicted octanol–water partition coefficient (Wildman–Crippen LogP) is 4.90. The van der Waals surface area contributed by atoms with Crippen molar-refractivity contribution >= 4 is 17.6 Å². The predicted molar refractivity (Wildman–Crippen MR) is 129 cm³/mol. The van der Waals surface area contributed by atoms with Gasteiger partial charge in [0.15, 0.2) is 0 Å². The van der Waals surface area contributed by atoms with Crippen LogP contribution in [-0.4, -0.2) is 27.6 Å². The summed E-state index contributed by atoms with van der Waals surface area (Å²) >= 11 is 0. The molecule has 0 saturated heterocycles. The van der Waals surface area contributed by atoms with Crippen LogP contribution < -0.4 is 10.6 Å². The maximum atomic E-state index is 13.5. The molecule has 1 aliphatic carbocycles. The Kier molecular flexibility index (Phi) is 5.75. The fourth-order valence-corrected chi connectivity index (χ4v) is 5.51. The molecule has 0 spiro atoms. The Morgan fingerprint density at radius 2 is 1.79 bits per heavy atom. The minimum absolute atomic E-state index is 0.0970. The van der Waals surface area contributed by atoms with E-state index in [1.54, 1.807) is 6.07 Å². The first kappa shape index (κ1) is 21.4. The number of aryl methyl sites for hydroxylation is 2. The van der Waals surface area contributed by atoms with Crippen molar-refractivity contribution in [2.24, 2.45) is 5.92 Å². The van der Waals surface area contributed by atoms with E-state index in [4.69, 9.17) is 5.10 Å². The van der Waals surface area contributed by atoms with Crippen LogP contribution in [0.3, 0.4) is 0 Å². The van der Waals surface area contributed by atoms with Gasteiger partial charge >= 0.3 is 0 Å². The Balaban J connectivity index is 1.56. The summed E-state index contributed by atoms with van der Waals surface area (Å²) in [6.07, 6.45) is 5.66. The Bertz CT molecular complexity index is 1180. The summed E-state index contributed by atoms with van der Waals surface area (Å²) in [7, 11) is 0. The molecular formula is C27H30N4O2. The van der Waals surface area contributed by atoms with Crippen molar-refractivity contribution < 1.29 is 9.59 Å². The first-order valence-corrected chi connectivity index (χ1v) is 11.9. The first-order valence-electron chi connectivity index (χ1n) is 11.9. The molecule has 0 radical (unpaired) electrons. The largest absolute Gasteiger partial charge is 0.340 e. The summed E-state index contributed by atoms with van der Waals surface area (Å²) < 4.78 is 1.83. The molecule has 2 heterocycles. The van der Waals surface area contributed by atoms with Gasteiger partial charge in [-0.25, -0.2) is 4.68 Å². The van der Waals surface area contributed by atoms with Gasteiger partial charge in [-0.3, -0.25) is 9.59 Å². The zero-order valence-corrected chi connectivity index (χ0v) is 19.2. The average molecular weight is 443 g/mol. The second-order valence-corrected chi connectivity index (χ2v) is 9.33. The molecule has 6 heteroatoms. The van der Waals surface area contributed by atoms with E-state index in [-0.39, 0.29) is 17.7 Å². The highest BCUT2D eigenvalue weighted by Gasteiger charge is 2.44. The molecule has 33 heavy (non-hydrogen) atoms. The number of amides is 2. The van der Waals surface area contributed by atoms with Gasteiger partial charge < -0.3 is 10.6 Å². The van der Waals surface area contributed by atoms with Crippen LogP contribution in [0, 0.1) is 19.8 Å². The standard InChI is InChI=1S/C27H30N4O2/c1-17-10-9-13-20(16-17)26(32)28-24-23(19-11-5-3-6-12-19)22-18(2)30-31(25(22)29-27(24)33)21-14-7-4-8-15-21/h4,7-10,13-16,19,23-24H,3,5-6,11-12H2,1-2H3,(H,28,32)(H,29,33)/t23-,24-/m0/s1. The second kappa shape index (κ2) is 8.85. The molecule has 3 aromatic rings. The van der Waals surface area contributed by atoms with Crippen LogP contribution in [0.15, 0.2) is 54.6 Å². The van der Waals surface area contributed by atoms with Crippen molar-refractivity contribution in [1.29, 1.82) is 0 Å². The van der Waals surface area contributed by atoms with E-state index in [1.165, 1.54) is 6.42 Å². The number of fused-ring (bicyclic) bond motifs is 1. The van der Waals surface area contributed by atoms with E-state index in [0.717, 1.165) is 54.0 Å². The van der Waals surface area contributed by atoms with E-state index >= 15 is 0 Å². The molecule has 1 saturated carbocycles. The Hall–Kier alpha value is -3.41. The van der Waals surface area contributed by atoms with Gasteiger partial charge in [0.05, 0.1) is 11.4 Å². The minimum Gasteiger partial charge on any atom is -0.340 e. The van der Waals surface area contributed by atoms with Crippen LogP contribution >= 0.6 is 0 Å². The Morgan fingerprint density at radius 3 is 2.52 bits per heavy atom. The molecular weight excluding hydrogens is 412 g/mol. The fourth-order valence-electron chi connectivity index (χ4n) is 5.51. The highest BCUT2D eigenvalue weighted by Crippen LogP contribution is 2.45. The van der Waals surface area contributed by atoms with Gasteiger partial charge in [-0.05, 0) is 56.9 Å². The number of anilines is 1. The third-order valence-electron chi connectivity index (χ3n) is 7.05. The van der Waals surface area contributed by atoms with Gasteiger partial charge in [0.25, 0.3) is 5.91 Å². The maximum absolute atomic E-state index is 13.5. The molecule has 6 nitrogen and oxygen atoms in total. The smallest absolute Gasteiger partial charge is 0.251 e. The molecule has 0 bridgehead atoms. The molecule has 1 aliphatic heterocycles. The molecule has 2 atom stereocenters. The van der Waals surface area contributed by atoms with E-state index in [1.807, 2.05) is 67.1 Å². The molecule has 2 aliphatic rings. The second-order valence-electron chi connectivity index (χ2n) is 9.33. The number of benzene rings is 2. The quantitative estimate of drug-likeness (QED) is 0.603. The van der Waals surface area contributed by atoms with Gasteiger partial charge in [0, 0.05) is 17.0 Å². The number of nitrogens with zero attached hydrogens (tertiary/aromatic N) is 2. The van der Waals surface area contributed by atoms with E-state index in [2.05, 4.69) is 10.6 Å². The molecule has 0 unspecified atom stereocenters. The summed E-state index contributed by atoms with van der Waals surface area (Å²) in [5.41, 5.74) is 4.46. The number of carbonyl (C=O) groups is 2. The number of carbonyl (C=O) groups excluding carboxylic acids is 2. The van der Waals surface area contributed by atoms with Gasteiger partial charge in [0.1, 0.15) is 11.9 Å². The monoisotopic (exact) mass is 442 g/mol. The molecule has 1 fully saturated rings. The fraction of sp³-hybridized carbons (Fsp3) is 0.370. The lowest BCUT2D eigenvalue weighted by atomic mass is 9.71. The van der Waals surface area contributed by atoms with Crippen LogP contribution in [0.2, 0.25) is 0 Å². The summed E-state index contributed by atoms with van der Waals surface area (Å²) in [6.45, 7) is 3.97. The summed E-state index contributed by atoms with van der Waals surface area (Å²) in [5, 5.41) is 11.0. The number of nitrogens with one attached hydrogen (secondary N) is 2. The third-order valence-corrected chi connectivity index (χ3v) is 7.05. The van der Waals surface area contributed by atoms with Gasteiger partial charge in [0.2, 0.25) is 5.91 Å². The number of rotatable bonds is 4. The van der Waals surface area contributed by atoms with Crippen LogP contribution in [0.5, 0.6) is 0 Å². The minimum atomic E-state index is -0.624. The molecule has 170 valence electrons. The molecule has 2 N–H and O–H groups in total. The van der Waals surface area contributed by atoms with Gasteiger partial charge in [-0.15, -0.1) is 0 Å². The third kappa shape index (κ3) is 4.06. The topological polar surface area (TPSA) is 76.0 Å². The SMILES string of the molecule is Cc1cccc(C(=O)N[C@@H]2C(=O)Nc3c(c(C)nn3-c3ccccc3)[C@@H]2C2CCCCC2)c1. The van der Waals surface area contributed by atoms with E-state index < -0.39 is 6.04 Å². The zero-order chi connectivity index (χ0) is 22.9. The summed E-state index contributed by atoms with van der Waals surface area (Å²) in [4.78, 5) is 26.6. The van der Waals surface area contributed by atoms with E-state index in [0.29, 0.717) is 11.5 Å². The van der Waals surface area contributed by atoms with Gasteiger partial charge in [-0.2, -0.15) is 5.10 Å². The lowest BCUT2D eigenvalue weighted by Crippen LogP contribution is -2.52. The van der Waals surface area contributed by atoms with Crippen molar-refractivity contribution in [3.8, 4) is 5.69 Å². The zero-order valence-electron chi connectivity index (χ0n) is 19.2. The molecule has 1 aromatic heterocycles. The Morgan fingerprint density at radius 1 is 1.03 bits per heavy atom. The van der Waals surface area contributed by atoms with Crippen molar-refractivity contribution in [3.05, 3.63) is 77.0 Å². The van der Waals surface area contributed by atoms with Crippen LogP contribution in [0.25, 0.3) is 5.69 Å². The maximum Gasteiger partial charge on any atom is 0.251 e. The summed E-state index contributed by atoms with van der Waals surface area (Å²) in [5.74, 6) is 0.589. The van der Waals surface area contributed by atoms with Crippen LogP contribution in [-0.2, 0) is 4.79 Å². The number of hydrogen-bond donors (Lipinski definition) is 2. The van der Waals surface area contributed by atoms with Gasteiger partial charge in [-0.1, -0.05) is 55.2 Å². The normalized spacial score (nSPS) is 20.7. The van der Waals surface area contributed by atoms with Crippen molar-refractivity contribution in [2.75, 3.05) is 5.32 Å². The Labute approximate surface area is 194 Å². The molecule has 5 rings (SSSR count). The first-order chi connectivity index (χ1) is 16.0. The number of para-hydroxylation sites is 1. The number of aromatic nitrogens is 2. The highest BCUT2D eigenvalue weighted by molar-refractivity contribution is 6.03. The lowest BCUT2D eigenvalue weighted by molar-refractivity contribution is -0.119. The van der Waals surface area contributed by atoms with Crippen molar-refractivity contribution in [2.45, 2.75) is 57.9 Å². The van der Waals surface area contributed by atoms with Crippen LogP contribution in [0.4, 0.5) is 5.82 Å². The molecule has 2 aromatic carbocycles. The molecule has 2 amide bonds. The lowest BCUT2D eigenvalue weighted by Gasteiger charge is -2.39. The highest BCUT2D eigenvalue weighted by atomic mass is 16.2. The van der Waals surface area contributed by atoms with E-state index in [9.17, 15) is 9.59 Å². The summed E-state index contributed by atoms with van der Waals surface area (Å²) in [6, 6.07) is 16.7. The van der Waals surface area contributed by atoms with Crippen molar-refractivity contribution in [1.82, 2.24) is 15.1 Å². The number of hydrogen-bond acceptors (Lipinski definition) is 3. The average Bonchev–Trinajstić information content (AvgIpc) is 3.16.